The molecule has 1 atom stereocenters. The van der Waals surface area contributed by atoms with Crippen molar-refractivity contribution < 1.29 is 9.32 Å². The van der Waals surface area contributed by atoms with E-state index < -0.39 is 0 Å². The Kier molecular flexibility index (Phi) is 5.53. The first kappa shape index (κ1) is 17.7. The third-order valence-corrected chi connectivity index (χ3v) is 4.75. The molecule has 2 aromatic rings. The molecule has 1 aliphatic heterocycles. The van der Waals surface area contributed by atoms with Crippen LogP contribution in [0.15, 0.2) is 40.9 Å². The van der Waals surface area contributed by atoms with E-state index in [2.05, 4.69) is 41.2 Å². The summed E-state index contributed by atoms with van der Waals surface area (Å²) >= 11 is 0. The molecule has 1 unspecified atom stereocenters. The van der Waals surface area contributed by atoms with Crippen LogP contribution in [0.4, 0.5) is 0 Å². The van der Waals surface area contributed by atoms with Gasteiger partial charge in [0.2, 0.25) is 0 Å². The average Bonchev–Trinajstić information content (AvgIpc) is 3.02. The molecule has 1 amide bonds. The molecular formula is C20H27N3O2. The summed E-state index contributed by atoms with van der Waals surface area (Å²) in [5.41, 5.74) is 1.74. The largest absolute Gasteiger partial charge is 0.360 e. The fourth-order valence-corrected chi connectivity index (χ4v) is 3.34. The minimum atomic E-state index is -0.0234. The lowest BCUT2D eigenvalue weighted by molar-refractivity contribution is 0.0681. The van der Waals surface area contributed by atoms with E-state index >= 15 is 0 Å². The van der Waals surface area contributed by atoms with Crippen molar-refractivity contribution >= 4 is 5.91 Å². The zero-order valence-corrected chi connectivity index (χ0v) is 15.3. The maximum absolute atomic E-state index is 12.8. The zero-order valence-electron chi connectivity index (χ0n) is 15.3. The Morgan fingerprint density at radius 1 is 1.28 bits per heavy atom. The summed E-state index contributed by atoms with van der Waals surface area (Å²) < 4.78 is 5.30. The normalized spacial score (nSPS) is 19.2. The van der Waals surface area contributed by atoms with Crippen molar-refractivity contribution in [3.05, 3.63) is 53.4 Å². The van der Waals surface area contributed by atoms with Gasteiger partial charge in [0, 0.05) is 44.2 Å². The van der Waals surface area contributed by atoms with Crippen LogP contribution in [-0.4, -0.2) is 46.5 Å². The molecule has 0 bridgehead atoms. The number of carbonyl (C=O) groups excluding carboxylic acids is 1. The molecule has 0 aliphatic carbocycles. The van der Waals surface area contributed by atoms with Gasteiger partial charge in [-0.15, -0.1) is 0 Å². The molecule has 0 radical (unpaired) electrons. The van der Waals surface area contributed by atoms with Gasteiger partial charge in [-0.1, -0.05) is 49.3 Å². The van der Waals surface area contributed by atoms with Crippen LogP contribution in [0.2, 0.25) is 0 Å². The molecule has 5 nitrogen and oxygen atoms in total. The Hall–Kier alpha value is -2.14. The van der Waals surface area contributed by atoms with Crippen LogP contribution >= 0.6 is 0 Å². The van der Waals surface area contributed by atoms with Gasteiger partial charge in [0.1, 0.15) is 5.76 Å². The molecular weight excluding hydrogens is 314 g/mol. The quantitative estimate of drug-likeness (QED) is 0.853. The van der Waals surface area contributed by atoms with E-state index in [1.54, 1.807) is 6.07 Å². The van der Waals surface area contributed by atoms with E-state index in [1.807, 2.05) is 24.8 Å². The van der Waals surface area contributed by atoms with Crippen LogP contribution in [-0.2, 0) is 6.54 Å². The lowest BCUT2D eigenvalue weighted by atomic mass is 10.1. The third-order valence-electron chi connectivity index (χ3n) is 4.75. The lowest BCUT2D eigenvalue weighted by Gasteiger charge is -2.28. The van der Waals surface area contributed by atoms with Crippen molar-refractivity contribution in [1.29, 1.82) is 0 Å². The highest BCUT2D eigenvalue weighted by atomic mass is 16.5. The van der Waals surface area contributed by atoms with Crippen molar-refractivity contribution in [2.45, 2.75) is 45.7 Å². The molecule has 3 rings (SSSR count). The van der Waals surface area contributed by atoms with Gasteiger partial charge in [-0.25, -0.2) is 0 Å². The second kappa shape index (κ2) is 7.83. The second-order valence-electron chi connectivity index (χ2n) is 7.19. The molecule has 2 heterocycles. The fourth-order valence-electron chi connectivity index (χ4n) is 3.34. The highest BCUT2D eigenvalue weighted by Crippen LogP contribution is 2.19. The lowest BCUT2D eigenvalue weighted by Crippen LogP contribution is -2.42. The predicted molar refractivity (Wildman–Crippen MR) is 97.4 cm³/mol. The molecule has 5 heteroatoms. The Balaban J connectivity index is 1.66. The van der Waals surface area contributed by atoms with Crippen LogP contribution in [0.3, 0.4) is 0 Å². The van der Waals surface area contributed by atoms with Crippen LogP contribution in [0.5, 0.6) is 0 Å². The van der Waals surface area contributed by atoms with Gasteiger partial charge >= 0.3 is 0 Å². The van der Waals surface area contributed by atoms with Crippen molar-refractivity contribution in [2.75, 3.05) is 19.6 Å². The third kappa shape index (κ3) is 4.28. The number of nitrogens with zero attached hydrogens (tertiary/aromatic N) is 3. The first-order chi connectivity index (χ1) is 12.0. The molecule has 1 aromatic heterocycles. The van der Waals surface area contributed by atoms with Gasteiger partial charge in [0.25, 0.3) is 5.91 Å². The Labute approximate surface area is 149 Å². The SMILES string of the molecule is CC(C)c1cc(C(=O)N2CCCN(Cc3ccccc3)CC2C)no1. The highest BCUT2D eigenvalue weighted by molar-refractivity contribution is 5.92. The maximum Gasteiger partial charge on any atom is 0.276 e. The van der Waals surface area contributed by atoms with Gasteiger partial charge in [0.15, 0.2) is 5.69 Å². The van der Waals surface area contributed by atoms with Crippen molar-refractivity contribution in [2.24, 2.45) is 0 Å². The van der Waals surface area contributed by atoms with Gasteiger partial charge in [-0.05, 0) is 18.9 Å². The average molecular weight is 341 g/mol. The summed E-state index contributed by atoms with van der Waals surface area (Å²) in [6.45, 7) is 9.73. The molecule has 0 spiro atoms. The van der Waals surface area contributed by atoms with Crippen LogP contribution in [0.1, 0.15) is 54.9 Å². The summed E-state index contributed by atoms with van der Waals surface area (Å²) in [6, 6.07) is 12.4. The second-order valence-corrected chi connectivity index (χ2v) is 7.19. The zero-order chi connectivity index (χ0) is 17.8. The number of amides is 1. The molecule has 1 fully saturated rings. The van der Waals surface area contributed by atoms with Crippen molar-refractivity contribution in [3.63, 3.8) is 0 Å². The topological polar surface area (TPSA) is 49.6 Å². The maximum atomic E-state index is 12.8. The number of benzene rings is 1. The fraction of sp³-hybridized carbons (Fsp3) is 0.500. The molecule has 0 N–H and O–H groups in total. The Bertz CT molecular complexity index is 696. The van der Waals surface area contributed by atoms with Crippen LogP contribution < -0.4 is 0 Å². The Morgan fingerprint density at radius 3 is 2.72 bits per heavy atom. The highest BCUT2D eigenvalue weighted by Gasteiger charge is 2.28. The van der Waals surface area contributed by atoms with E-state index in [9.17, 15) is 4.79 Å². The summed E-state index contributed by atoms with van der Waals surface area (Å²) in [5, 5.41) is 3.98. The van der Waals surface area contributed by atoms with E-state index in [4.69, 9.17) is 4.52 Å². The smallest absolute Gasteiger partial charge is 0.276 e. The number of rotatable bonds is 4. The molecule has 25 heavy (non-hydrogen) atoms. The summed E-state index contributed by atoms with van der Waals surface area (Å²) in [5.74, 6) is 0.971. The van der Waals surface area contributed by atoms with Crippen LogP contribution in [0.25, 0.3) is 0 Å². The van der Waals surface area contributed by atoms with Crippen molar-refractivity contribution in [3.8, 4) is 0 Å². The van der Waals surface area contributed by atoms with Gasteiger partial charge in [-0.3, -0.25) is 9.69 Å². The minimum Gasteiger partial charge on any atom is -0.360 e. The molecule has 0 saturated carbocycles. The first-order valence-corrected chi connectivity index (χ1v) is 9.08. The Morgan fingerprint density at radius 2 is 2.04 bits per heavy atom. The van der Waals surface area contributed by atoms with Crippen molar-refractivity contribution in [1.82, 2.24) is 15.0 Å². The van der Waals surface area contributed by atoms with Gasteiger partial charge in [0.05, 0.1) is 0 Å². The first-order valence-electron chi connectivity index (χ1n) is 9.08. The van der Waals surface area contributed by atoms with E-state index in [0.29, 0.717) is 5.69 Å². The van der Waals surface area contributed by atoms with E-state index in [-0.39, 0.29) is 17.9 Å². The standard InChI is InChI=1S/C20H27N3O2/c1-15(2)19-12-18(21-25-19)20(24)23-11-7-10-22(13-16(23)3)14-17-8-5-4-6-9-17/h4-6,8-9,12,15-16H,7,10-11,13-14H2,1-3H3. The molecule has 1 aromatic carbocycles. The van der Waals surface area contributed by atoms with E-state index in [0.717, 1.165) is 38.4 Å². The van der Waals surface area contributed by atoms with Gasteiger partial charge in [-0.2, -0.15) is 0 Å². The predicted octanol–water partition coefficient (Wildman–Crippen LogP) is 3.53. The number of hydrogen-bond acceptors (Lipinski definition) is 4. The number of aromatic nitrogens is 1. The van der Waals surface area contributed by atoms with E-state index in [1.165, 1.54) is 5.56 Å². The summed E-state index contributed by atoms with van der Waals surface area (Å²) in [4.78, 5) is 17.2. The molecule has 1 aliphatic rings. The molecule has 1 saturated heterocycles. The number of hydrogen-bond donors (Lipinski definition) is 0. The van der Waals surface area contributed by atoms with Gasteiger partial charge < -0.3 is 9.42 Å². The summed E-state index contributed by atoms with van der Waals surface area (Å²) in [6.07, 6.45) is 0.970. The van der Waals surface area contributed by atoms with Crippen LogP contribution in [0, 0.1) is 0 Å². The monoisotopic (exact) mass is 341 g/mol. The molecule has 134 valence electrons. The summed E-state index contributed by atoms with van der Waals surface area (Å²) in [7, 11) is 0. The number of carbonyl (C=O) groups is 1. The minimum absolute atomic E-state index is 0.0234.